The number of ether oxygens (including phenoxy) is 2. The zero-order valence-corrected chi connectivity index (χ0v) is 21.5. The van der Waals surface area contributed by atoms with E-state index in [0.29, 0.717) is 0 Å². The summed E-state index contributed by atoms with van der Waals surface area (Å²) in [7, 11) is 0. The minimum Gasteiger partial charge on any atom is -0.381 e. The summed E-state index contributed by atoms with van der Waals surface area (Å²) in [4.78, 5) is 0. The fraction of sp³-hybridized carbons (Fsp3) is 1.00. The lowest BCUT2D eigenvalue weighted by Gasteiger charge is -2.06. The second-order valence-electron chi connectivity index (χ2n) is 10.2. The van der Waals surface area contributed by atoms with Crippen molar-refractivity contribution in [3.63, 3.8) is 0 Å². The van der Waals surface area contributed by atoms with Crippen LogP contribution in [0.2, 0.25) is 0 Å². The quantitative estimate of drug-likeness (QED) is 0.135. The standard InChI is InChI=1S/C28H58O2/c1-27(2)21-15-9-5-7-11-17-23-29-25-19-13-14-20-26-30-24-18-12-8-6-10-16-22-28(3)4/h27-28H,5-26H2,1-4H3. The van der Waals surface area contributed by atoms with Crippen LogP contribution in [0.25, 0.3) is 0 Å². The van der Waals surface area contributed by atoms with Gasteiger partial charge in [0, 0.05) is 26.4 Å². The maximum Gasteiger partial charge on any atom is 0.0466 e. The molecule has 0 unspecified atom stereocenters. The second kappa shape index (κ2) is 25.2. The van der Waals surface area contributed by atoms with Gasteiger partial charge in [0.2, 0.25) is 0 Å². The van der Waals surface area contributed by atoms with Gasteiger partial charge >= 0.3 is 0 Å². The first-order valence-corrected chi connectivity index (χ1v) is 13.8. The molecule has 2 nitrogen and oxygen atoms in total. The maximum atomic E-state index is 5.78. The van der Waals surface area contributed by atoms with Crippen LogP contribution in [0.4, 0.5) is 0 Å². The summed E-state index contributed by atoms with van der Waals surface area (Å²) in [5.74, 6) is 1.74. The third kappa shape index (κ3) is 27.9. The molecule has 0 aliphatic carbocycles. The van der Waals surface area contributed by atoms with Crippen molar-refractivity contribution >= 4 is 0 Å². The van der Waals surface area contributed by atoms with Gasteiger partial charge in [-0.2, -0.15) is 0 Å². The molecule has 0 aliphatic rings. The van der Waals surface area contributed by atoms with Crippen molar-refractivity contribution in [3.8, 4) is 0 Å². The van der Waals surface area contributed by atoms with Crippen LogP contribution in [0, 0.1) is 11.8 Å². The summed E-state index contributed by atoms with van der Waals surface area (Å²) in [6, 6.07) is 0. The summed E-state index contributed by atoms with van der Waals surface area (Å²) in [6.45, 7) is 13.1. The summed E-state index contributed by atoms with van der Waals surface area (Å²) >= 11 is 0. The number of hydrogen-bond acceptors (Lipinski definition) is 2. The van der Waals surface area contributed by atoms with Gasteiger partial charge < -0.3 is 9.47 Å². The van der Waals surface area contributed by atoms with Crippen LogP contribution in [-0.2, 0) is 9.47 Å². The Labute approximate surface area is 191 Å². The van der Waals surface area contributed by atoms with Crippen molar-refractivity contribution < 1.29 is 9.47 Å². The van der Waals surface area contributed by atoms with Gasteiger partial charge in [0.25, 0.3) is 0 Å². The molecule has 0 saturated carbocycles. The third-order valence-electron chi connectivity index (χ3n) is 5.97. The molecule has 0 aliphatic heterocycles. The normalized spacial score (nSPS) is 11.8. The zero-order chi connectivity index (χ0) is 22.1. The SMILES string of the molecule is CC(C)CCCCCCCCOCCCCCCOCCCCCCCCC(C)C. The van der Waals surface area contributed by atoms with Crippen LogP contribution in [0.5, 0.6) is 0 Å². The first kappa shape index (κ1) is 29.9. The van der Waals surface area contributed by atoms with E-state index >= 15 is 0 Å². The lowest BCUT2D eigenvalue weighted by atomic mass is 10.0. The molecule has 182 valence electrons. The van der Waals surface area contributed by atoms with Gasteiger partial charge in [-0.25, -0.2) is 0 Å². The Balaban J connectivity index is 3.00. The van der Waals surface area contributed by atoms with Gasteiger partial charge in [-0.3, -0.25) is 0 Å². The minimum atomic E-state index is 0.870. The van der Waals surface area contributed by atoms with Gasteiger partial charge in [0.05, 0.1) is 0 Å². The third-order valence-corrected chi connectivity index (χ3v) is 5.97. The van der Waals surface area contributed by atoms with Crippen molar-refractivity contribution in [1.29, 1.82) is 0 Å². The van der Waals surface area contributed by atoms with Gasteiger partial charge in [-0.15, -0.1) is 0 Å². The topological polar surface area (TPSA) is 18.5 Å². The molecular formula is C28H58O2. The number of hydrogen-bond donors (Lipinski definition) is 0. The highest BCUT2D eigenvalue weighted by atomic mass is 16.5. The number of rotatable bonds is 25. The van der Waals surface area contributed by atoms with Gasteiger partial charge in [0.1, 0.15) is 0 Å². The molecule has 0 spiro atoms. The Hall–Kier alpha value is -0.0800. The molecule has 2 heteroatoms. The van der Waals surface area contributed by atoms with Crippen LogP contribution in [-0.4, -0.2) is 26.4 Å². The van der Waals surface area contributed by atoms with Crippen molar-refractivity contribution in [2.75, 3.05) is 26.4 Å². The van der Waals surface area contributed by atoms with E-state index in [1.54, 1.807) is 0 Å². The Morgan fingerprint density at radius 1 is 0.333 bits per heavy atom. The lowest BCUT2D eigenvalue weighted by Crippen LogP contribution is -1.99. The van der Waals surface area contributed by atoms with Crippen molar-refractivity contribution in [2.24, 2.45) is 11.8 Å². The maximum absolute atomic E-state index is 5.78. The largest absolute Gasteiger partial charge is 0.381 e. The fourth-order valence-corrected chi connectivity index (χ4v) is 3.89. The van der Waals surface area contributed by atoms with Gasteiger partial charge in [-0.1, -0.05) is 118 Å². The molecule has 0 aromatic heterocycles. The van der Waals surface area contributed by atoms with E-state index in [0.717, 1.165) is 38.3 Å². The van der Waals surface area contributed by atoms with Crippen LogP contribution in [0.3, 0.4) is 0 Å². The predicted octanol–water partition coefficient (Wildman–Crippen LogP) is 9.35. The average Bonchev–Trinajstić information content (AvgIpc) is 2.70. The van der Waals surface area contributed by atoms with Crippen molar-refractivity contribution in [2.45, 2.75) is 143 Å². The van der Waals surface area contributed by atoms with E-state index in [1.807, 2.05) is 0 Å². The average molecular weight is 427 g/mol. The fourth-order valence-electron chi connectivity index (χ4n) is 3.89. The molecule has 0 aromatic rings. The summed E-state index contributed by atoms with van der Waals surface area (Å²) in [6.07, 6.45) is 24.2. The molecule has 0 atom stereocenters. The van der Waals surface area contributed by atoms with E-state index in [4.69, 9.17) is 9.47 Å². The highest BCUT2D eigenvalue weighted by Gasteiger charge is 1.97. The Bertz CT molecular complexity index is 271. The van der Waals surface area contributed by atoms with Crippen molar-refractivity contribution in [3.05, 3.63) is 0 Å². The van der Waals surface area contributed by atoms with E-state index in [-0.39, 0.29) is 0 Å². The highest BCUT2D eigenvalue weighted by molar-refractivity contribution is 4.50. The predicted molar refractivity (Wildman–Crippen MR) is 134 cm³/mol. The second-order valence-corrected chi connectivity index (χ2v) is 10.2. The Morgan fingerprint density at radius 2 is 0.567 bits per heavy atom. The van der Waals surface area contributed by atoms with E-state index in [1.165, 1.54) is 116 Å². The van der Waals surface area contributed by atoms with Crippen LogP contribution in [0.15, 0.2) is 0 Å². The van der Waals surface area contributed by atoms with E-state index < -0.39 is 0 Å². The smallest absolute Gasteiger partial charge is 0.0466 e. The molecule has 0 radical (unpaired) electrons. The van der Waals surface area contributed by atoms with Crippen LogP contribution < -0.4 is 0 Å². The molecule has 30 heavy (non-hydrogen) atoms. The first-order valence-electron chi connectivity index (χ1n) is 13.8. The molecule has 0 amide bonds. The first-order chi connectivity index (χ1) is 14.6. The summed E-state index contributed by atoms with van der Waals surface area (Å²) in [5, 5.41) is 0. The molecular weight excluding hydrogens is 368 g/mol. The molecule has 0 bridgehead atoms. The molecule has 0 rings (SSSR count). The van der Waals surface area contributed by atoms with E-state index in [9.17, 15) is 0 Å². The number of unbranched alkanes of at least 4 members (excludes halogenated alkanes) is 13. The molecule has 0 fully saturated rings. The summed E-state index contributed by atoms with van der Waals surface area (Å²) in [5.41, 5.74) is 0. The molecule has 0 saturated heterocycles. The lowest BCUT2D eigenvalue weighted by molar-refractivity contribution is 0.117. The summed E-state index contributed by atoms with van der Waals surface area (Å²) < 4.78 is 11.6. The van der Waals surface area contributed by atoms with Crippen LogP contribution >= 0.6 is 0 Å². The van der Waals surface area contributed by atoms with Crippen molar-refractivity contribution in [1.82, 2.24) is 0 Å². The monoisotopic (exact) mass is 426 g/mol. The Morgan fingerprint density at radius 3 is 0.833 bits per heavy atom. The minimum absolute atomic E-state index is 0.870. The zero-order valence-electron chi connectivity index (χ0n) is 21.5. The van der Waals surface area contributed by atoms with E-state index in [2.05, 4.69) is 27.7 Å². The van der Waals surface area contributed by atoms with Gasteiger partial charge in [-0.05, 0) is 37.5 Å². The Kier molecular flexibility index (Phi) is 25.1. The molecule has 0 aromatic carbocycles. The van der Waals surface area contributed by atoms with Crippen LogP contribution in [0.1, 0.15) is 143 Å². The van der Waals surface area contributed by atoms with Gasteiger partial charge in [0.15, 0.2) is 0 Å². The highest BCUT2D eigenvalue weighted by Crippen LogP contribution is 2.12. The molecule has 0 N–H and O–H groups in total. The molecule has 0 heterocycles.